The number of nitrogens with one attached hydrogen (secondary N) is 1. The number of anilines is 1. The van der Waals surface area contributed by atoms with Gasteiger partial charge in [-0.3, -0.25) is 9.69 Å². The number of rotatable bonds is 8. The SMILES string of the molecule is CCOc1ccc(CC(=O)NCCN2CCN(c3ccccc3F)CC2)cc1. The number of carbonyl (C=O) groups excluding carboxylic acids is 1. The third-order valence-corrected chi connectivity index (χ3v) is 4.91. The molecule has 0 unspecified atom stereocenters. The van der Waals surface area contributed by atoms with Crippen molar-refractivity contribution in [1.29, 1.82) is 0 Å². The smallest absolute Gasteiger partial charge is 0.224 e. The average molecular weight is 385 g/mol. The lowest BCUT2D eigenvalue weighted by molar-refractivity contribution is -0.120. The number of hydrogen-bond donors (Lipinski definition) is 1. The van der Waals surface area contributed by atoms with Crippen molar-refractivity contribution in [2.24, 2.45) is 0 Å². The third kappa shape index (κ3) is 5.70. The summed E-state index contributed by atoms with van der Waals surface area (Å²) in [5.74, 6) is 0.674. The molecule has 1 saturated heterocycles. The van der Waals surface area contributed by atoms with Crippen LogP contribution in [0, 0.1) is 5.82 Å². The summed E-state index contributed by atoms with van der Waals surface area (Å²) < 4.78 is 19.3. The number of ether oxygens (including phenoxy) is 1. The number of carbonyl (C=O) groups is 1. The lowest BCUT2D eigenvalue weighted by Gasteiger charge is -2.36. The number of benzene rings is 2. The molecule has 2 aromatic carbocycles. The van der Waals surface area contributed by atoms with E-state index in [1.165, 1.54) is 6.07 Å². The van der Waals surface area contributed by atoms with Crippen molar-refractivity contribution in [2.45, 2.75) is 13.3 Å². The first-order chi connectivity index (χ1) is 13.7. The molecule has 1 aliphatic heterocycles. The molecule has 0 aliphatic carbocycles. The predicted molar refractivity (Wildman–Crippen MR) is 109 cm³/mol. The molecule has 0 spiro atoms. The van der Waals surface area contributed by atoms with Gasteiger partial charge in [-0.05, 0) is 36.8 Å². The van der Waals surface area contributed by atoms with Crippen LogP contribution in [0.4, 0.5) is 10.1 Å². The molecule has 0 bridgehead atoms. The van der Waals surface area contributed by atoms with Crippen LogP contribution < -0.4 is 15.0 Å². The van der Waals surface area contributed by atoms with E-state index in [-0.39, 0.29) is 11.7 Å². The van der Waals surface area contributed by atoms with Crippen molar-refractivity contribution in [3.8, 4) is 5.75 Å². The fourth-order valence-electron chi connectivity index (χ4n) is 3.39. The van der Waals surface area contributed by atoms with E-state index in [4.69, 9.17) is 4.74 Å². The third-order valence-electron chi connectivity index (χ3n) is 4.91. The summed E-state index contributed by atoms with van der Waals surface area (Å²) >= 11 is 0. The maximum absolute atomic E-state index is 13.9. The lowest BCUT2D eigenvalue weighted by atomic mass is 10.1. The van der Waals surface area contributed by atoms with Gasteiger partial charge in [0, 0.05) is 39.3 Å². The molecule has 0 atom stereocenters. The standard InChI is InChI=1S/C22H28FN3O2/c1-2-28-19-9-7-18(8-10-19)17-22(27)24-11-12-25-13-15-26(16-14-25)21-6-4-3-5-20(21)23/h3-10H,2,11-17H2,1H3,(H,24,27). The molecule has 0 aromatic heterocycles. The zero-order valence-electron chi connectivity index (χ0n) is 16.4. The van der Waals surface area contributed by atoms with Gasteiger partial charge in [0.05, 0.1) is 18.7 Å². The summed E-state index contributed by atoms with van der Waals surface area (Å²) in [6, 6.07) is 14.5. The van der Waals surface area contributed by atoms with Gasteiger partial charge < -0.3 is 15.0 Å². The minimum Gasteiger partial charge on any atom is -0.494 e. The highest BCUT2D eigenvalue weighted by atomic mass is 19.1. The molecule has 5 nitrogen and oxygen atoms in total. The van der Waals surface area contributed by atoms with Crippen molar-refractivity contribution >= 4 is 11.6 Å². The number of amides is 1. The van der Waals surface area contributed by atoms with E-state index in [1.54, 1.807) is 6.07 Å². The van der Waals surface area contributed by atoms with Crippen LogP contribution in [0.15, 0.2) is 48.5 Å². The second-order valence-electron chi connectivity index (χ2n) is 6.88. The Labute approximate surface area is 166 Å². The Hall–Kier alpha value is -2.60. The molecule has 3 rings (SSSR count). The first-order valence-corrected chi connectivity index (χ1v) is 9.86. The van der Waals surface area contributed by atoms with Gasteiger partial charge in [-0.2, -0.15) is 0 Å². The maximum atomic E-state index is 13.9. The molecule has 1 amide bonds. The molecular formula is C22H28FN3O2. The van der Waals surface area contributed by atoms with E-state index in [0.717, 1.165) is 44.0 Å². The van der Waals surface area contributed by atoms with Crippen molar-refractivity contribution in [2.75, 3.05) is 50.8 Å². The van der Waals surface area contributed by atoms with Gasteiger partial charge in [-0.1, -0.05) is 24.3 Å². The second-order valence-corrected chi connectivity index (χ2v) is 6.88. The van der Waals surface area contributed by atoms with Gasteiger partial charge in [0.1, 0.15) is 11.6 Å². The van der Waals surface area contributed by atoms with Crippen molar-refractivity contribution in [3.05, 3.63) is 59.9 Å². The molecule has 0 saturated carbocycles. The predicted octanol–water partition coefficient (Wildman–Crippen LogP) is 2.71. The minimum atomic E-state index is -0.169. The molecule has 28 heavy (non-hydrogen) atoms. The van der Waals surface area contributed by atoms with E-state index in [9.17, 15) is 9.18 Å². The van der Waals surface area contributed by atoms with Crippen LogP contribution >= 0.6 is 0 Å². The summed E-state index contributed by atoms with van der Waals surface area (Å²) in [4.78, 5) is 16.5. The molecule has 6 heteroatoms. The Morgan fingerprint density at radius 3 is 2.46 bits per heavy atom. The number of hydrogen-bond acceptors (Lipinski definition) is 4. The van der Waals surface area contributed by atoms with E-state index in [2.05, 4.69) is 15.1 Å². The Bertz CT molecular complexity index is 759. The zero-order chi connectivity index (χ0) is 19.8. The minimum absolute atomic E-state index is 0.0224. The van der Waals surface area contributed by atoms with Crippen LogP contribution in [-0.4, -0.2) is 56.7 Å². The number of para-hydroxylation sites is 1. The number of nitrogens with zero attached hydrogens (tertiary/aromatic N) is 2. The molecule has 150 valence electrons. The van der Waals surface area contributed by atoms with Crippen LogP contribution in [0.3, 0.4) is 0 Å². The van der Waals surface area contributed by atoms with Gasteiger partial charge in [0.2, 0.25) is 5.91 Å². The number of piperazine rings is 1. The van der Waals surface area contributed by atoms with Gasteiger partial charge in [-0.25, -0.2) is 4.39 Å². The lowest BCUT2D eigenvalue weighted by Crippen LogP contribution is -2.48. The Kier molecular flexibility index (Phi) is 7.25. The van der Waals surface area contributed by atoms with E-state index in [0.29, 0.717) is 25.3 Å². The summed E-state index contributed by atoms with van der Waals surface area (Å²) in [5, 5.41) is 2.98. The van der Waals surface area contributed by atoms with Gasteiger partial charge in [0.15, 0.2) is 0 Å². The highest BCUT2D eigenvalue weighted by Gasteiger charge is 2.19. The van der Waals surface area contributed by atoms with Gasteiger partial charge in [-0.15, -0.1) is 0 Å². The highest BCUT2D eigenvalue weighted by molar-refractivity contribution is 5.78. The quantitative estimate of drug-likeness (QED) is 0.759. The van der Waals surface area contributed by atoms with Crippen molar-refractivity contribution < 1.29 is 13.9 Å². The summed E-state index contributed by atoms with van der Waals surface area (Å²) in [6.45, 7) is 7.32. The summed E-state index contributed by atoms with van der Waals surface area (Å²) in [7, 11) is 0. The maximum Gasteiger partial charge on any atom is 0.224 e. The van der Waals surface area contributed by atoms with E-state index >= 15 is 0 Å². The topological polar surface area (TPSA) is 44.8 Å². The largest absolute Gasteiger partial charge is 0.494 e. The summed E-state index contributed by atoms with van der Waals surface area (Å²) in [5.41, 5.74) is 1.64. The zero-order valence-corrected chi connectivity index (χ0v) is 16.4. The molecule has 1 heterocycles. The van der Waals surface area contributed by atoms with E-state index < -0.39 is 0 Å². The molecule has 1 fully saturated rings. The van der Waals surface area contributed by atoms with Crippen LogP contribution in [0.5, 0.6) is 5.75 Å². The van der Waals surface area contributed by atoms with Crippen LogP contribution in [0.1, 0.15) is 12.5 Å². The van der Waals surface area contributed by atoms with Crippen LogP contribution in [0.25, 0.3) is 0 Å². The average Bonchev–Trinajstić information content (AvgIpc) is 2.71. The molecule has 1 N–H and O–H groups in total. The molecule has 2 aromatic rings. The molecule has 0 radical (unpaired) electrons. The van der Waals surface area contributed by atoms with Crippen molar-refractivity contribution in [1.82, 2.24) is 10.2 Å². The highest BCUT2D eigenvalue weighted by Crippen LogP contribution is 2.20. The Morgan fingerprint density at radius 1 is 1.07 bits per heavy atom. The Balaban J connectivity index is 1.35. The summed E-state index contributed by atoms with van der Waals surface area (Å²) in [6.07, 6.45) is 0.369. The van der Waals surface area contributed by atoms with Gasteiger partial charge >= 0.3 is 0 Å². The first kappa shape index (κ1) is 20.1. The number of halogens is 1. The molecule has 1 aliphatic rings. The monoisotopic (exact) mass is 385 g/mol. The van der Waals surface area contributed by atoms with Gasteiger partial charge in [0.25, 0.3) is 0 Å². The van der Waals surface area contributed by atoms with Crippen LogP contribution in [0.2, 0.25) is 0 Å². The first-order valence-electron chi connectivity index (χ1n) is 9.86. The van der Waals surface area contributed by atoms with E-state index in [1.807, 2.05) is 43.3 Å². The van der Waals surface area contributed by atoms with Crippen LogP contribution in [-0.2, 0) is 11.2 Å². The molecular weight excluding hydrogens is 357 g/mol. The fraction of sp³-hybridized carbons (Fsp3) is 0.409. The normalized spacial score (nSPS) is 14.7. The fourth-order valence-corrected chi connectivity index (χ4v) is 3.39. The van der Waals surface area contributed by atoms with Crippen molar-refractivity contribution in [3.63, 3.8) is 0 Å². The Morgan fingerprint density at radius 2 is 1.79 bits per heavy atom. The second kappa shape index (κ2) is 10.1.